The highest BCUT2D eigenvalue weighted by Crippen LogP contribution is 2.16. The van der Waals surface area contributed by atoms with Crippen LogP contribution in [-0.4, -0.2) is 59.3 Å². The van der Waals surface area contributed by atoms with E-state index in [2.05, 4.69) is 9.59 Å². The lowest BCUT2D eigenvalue weighted by molar-refractivity contribution is 0.0701. The van der Waals surface area contributed by atoms with E-state index in [-0.39, 0.29) is 19.0 Å². The Morgan fingerprint density at radius 2 is 2.00 bits per heavy atom. The van der Waals surface area contributed by atoms with E-state index in [4.69, 9.17) is 5.14 Å². The van der Waals surface area contributed by atoms with Crippen LogP contribution in [0, 0.1) is 0 Å². The van der Waals surface area contributed by atoms with Gasteiger partial charge in [0.05, 0.1) is 5.69 Å². The molecule has 0 spiro atoms. The van der Waals surface area contributed by atoms with Crippen LogP contribution in [0.3, 0.4) is 0 Å². The zero-order valence-electron chi connectivity index (χ0n) is 10.4. The number of nitrogens with zero attached hydrogens (tertiary/aromatic N) is 4. The molecule has 0 radical (unpaired) electrons. The zero-order chi connectivity index (χ0) is 14.0. The number of amides is 1. The molecule has 0 unspecified atom stereocenters. The molecule has 1 aromatic heterocycles. The first-order valence-corrected chi connectivity index (χ1v) is 8.09. The second-order valence-corrected chi connectivity index (χ2v) is 6.44. The summed E-state index contributed by atoms with van der Waals surface area (Å²) >= 11 is 1.07. The van der Waals surface area contributed by atoms with Crippen molar-refractivity contribution in [1.82, 2.24) is 18.8 Å². The van der Waals surface area contributed by atoms with Gasteiger partial charge in [-0.05, 0) is 18.0 Å². The summed E-state index contributed by atoms with van der Waals surface area (Å²) in [6.45, 7) is 3.01. The lowest BCUT2D eigenvalue weighted by Gasteiger charge is -2.32. The van der Waals surface area contributed by atoms with Crippen molar-refractivity contribution >= 4 is 27.6 Å². The summed E-state index contributed by atoms with van der Waals surface area (Å²) in [6.07, 6.45) is 0.648. The van der Waals surface area contributed by atoms with Crippen LogP contribution in [0.4, 0.5) is 0 Å². The first-order chi connectivity index (χ1) is 8.93. The molecule has 1 aliphatic rings. The number of nitrogens with two attached hydrogens (primary N) is 1. The average molecular weight is 305 g/mol. The maximum atomic E-state index is 12.3. The van der Waals surface area contributed by atoms with Crippen molar-refractivity contribution in [1.29, 1.82) is 0 Å². The summed E-state index contributed by atoms with van der Waals surface area (Å²) in [6, 6.07) is 0. The van der Waals surface area contributed by atoms with Gasteiger partial charge in [0, 0.05) is 26.2 Å². The Morgan fingerprint density at radius 1 is 1.37 bits per heavy atom. The number of aryl methyl sites for hydroxylation is 1. The molecule has 0 aromatic carbocycles. The van der Waals surface area contributed by atoms with E-state index in [9.17, 15) is 13.2 Å². The van der Waals surface area contributed by atoms with Crippen LogP contribution in [0.25, 0.3) is 0 Å². The molecule has 2 rings (SSSR count). The predicted octanol–water partition coefficient (Wildman–Crippen LogP) is -0.938. The number of rotatable bonds is 3. The van der Waals surface area contributed by atoms with Gasteiger partial charge in [0.15, 0.2) is 0 Å². The van der Waals surface area contributed by atoms with E-state index in [1.807, 2.05) is 6.92 Å². The normalized spacial score (nSPS) is 17.7. The third-order valence-electron chi connectivity index (χ3n) is 2.97. The van der Waals surface area contributed by atoms with Crippen LogP contribution in [0.15, 0.2) is 0 Å². The fraction of sp³-hybridized carbons (Fsp3) is 0.667. The van der Waals surface area contributed by atoms with Crippen LogP contribution >= 0.6 is 11.5 Å². The minimum atomic E-state index is -3.67. The molecule has 2 N–H and O–H groups in total. The highest BCUT2D eigenvalue weighted by Gasteiger charge is 2.28. The molecule has 1 amide bonds. The lowest BCUT2D eigenvalue weighted by atomic mass is 10.2. The number of piperazine rings is 1. The molecule has 1 aliphatic heterocycles. The first-order valence-electron chi connectivity index (χ1n) is 5.82. The van der Waals surface area contributed by atoms with Crippen molar-refractivity contribution in [3.8, 4) is 0 Å². The molecule has 10 heteroatoms. The summed E-state index contributed by atoms with van der Waals surface area (Å²) in [7, 11) is -3.67. The van der Waals surface area contributed by atoms with Crippen LogP contribution in [0.1, 0.15) is 22.3 Å². The van der Waals surface area contributed by atoms with Crippen molar-refractivity contribution in [2.45, 2.75) is 13.3 Å². The fourth-order valence-corrected chi connectivity index (χ4v) is 3.28. The molecule has 1 saturated heterocycles. The molecule has 0 aliphatic carbocycles. The topological polar surface area (TPSA) is 109 Å². The number of hydrogen-bond acceptors (Lipinski definition) is 6. The minimum absolute atomic E-state index is 0.138. The van der Waals surface area contributed by atoms with E-state index in [0.29, 0.717) is 30.1 Å². The van der Waals surface area contributed by atoms with Crippen molar-refractivity contribution in [2.24, 2.45) is 5.14 Å². The van der Waals surface area contributed by atoms with Gasteiger partial charge < -0.3 is 4.90 Å². The van der Waals surface area contributed by atoms with Crippen molar-refractivity contribution in [2.75, 3.05) is 26.2 Å². The van der Waals surface area contributed by atoms with Crippen molar-refractivity contribution < 1.29 is 13.2 Å². The van der Waals surface area contributed by atoms with E-state index in [1.165, 1.54) is 4.31 Å². The van der Waals surface area contributed by atoms with Gasteiger partial charge in [-0.2, -0.15) is 12.7 Å². The highest BCUT2D eigenvalue weighted by atomic mass is 32.2. The maximum Gasteiger partial charge on any atom is 0.277 e. The maximum absolute atomic E-state index is 12.3. The molecule has 0 atom stereocenters. The first kappa shape index (κ1) is 14.3. The smallest absolute Gasteiger partial charge is 0.277 e. The Hall–Kier alpha value is -1.10. The third-order valence-corrected chi connectivity index (χ3v) is 4.81. The summed E-state index contributed by atoms with van der Waals surface area (Å²) in [4.78, 5) is 14.4. The molecule has 19 heavy (non-hydrogen) atoms. The van der Waals surface area contributed by atoms with Gasteiger partial charge in [-0.25, -0.2) is 5.14 Å². The molecule has 0 bridgehead atoms. The summed E-state index contributed by atoms with van der Waals surface area (Å²) < 4.78 is 27.3. The molecule has 1 aromatic rings. The van der Waals surface area contributed by atoms with E-state index in [1.54, 1.807) is 4.90 Å². The standard InChI is InChI=1S/C9H15N5O3S2/c1-2-7-8(18-12-11-7)9(15)13-3-5-14(6-4-13)19(10,16)17/h2-6H2,1H3,(H2,10,16,17). The fourth-order valence-electron chi connectivity index (χ4n) is 1.89. The van der Waals surface area contributed by atoms with Gasteiger partial charge in [0.25, 0.3) is 16.1 Å². The monoisotopic (exact) mass is 305 g/mol. The largest absolute Gasteiger partial charge is 0.335 e. The Bertz CT molecular complexity index is 562. The SMILES string of the molecule is CCc1nnsc1C(=O)N1CCN(S(N)(=O)=O)CC1. The number of hydrogen-bond donors (Lipinski definition) is 1. The second kappa shape index (κ2) is 5.49. The van der Waals surface area contributed by atoms with Gasteiger partial charge in [-0.3, -0.25) is 4.79 Å². The number of carbonyl (C=O) groups excluding carboxylic acids is 1. The Balaban J connectivity index is 2.04. The Morgan fingerprint density at radius 3 is 2.53 bits per heavy atom. The van der Waals surface area contributed by atoms with Gasteiger partial charge in [0.2, 0.25) is 0 Å². The Labute approximate surface area is 115 Å². The van der Waals surface area contributed by atoms with Crippen LogP contribution in [-0.2, 0) is 16.6 Å². The van der Waals surface area contributed by atoms with Crippen LogP contribution < -0.4 is 5.14 Å². The molecular weight excluding hydrogens is 290 g/mol. The molecule has 106 valence electrons. The van der Waals surface area contributed by atoms with Gasteiger partial charge in [0.1, 0.15) is 4.88 Å². The molecule has 1 fully saturated rings. The number of aromatic nitrogens is 2. The summed E-state index contributed by atoms with van der Waals surface area (Å²) in [5.74, 6) is -0.138. The lowest BCUT2D eigenvalue weighted by Crippen LogP contribution is -2.52. The van der Waals surface area contributed by atoms with Crippen molar-refractivity contribution in [3.05, 3.63) is 10.6 Å². The zero-order valence-corrected chi connectivity index (χ0v) is 12.1. The van der Waals surface area contributed by atoms with Gasteiger partial charge in [-0.1, -0.05) is 11.4 Å². The highest BCUT2D eigenvalue weighted by molar-refractivity contribution is 7.86. The quantitative estimate of drug-likeness (QED) is 0.775. The van der Waals surface area contributed by atoms with E-state index < -0.39 is 10.2 Å². The van der Waals surface area contributed by atoms with Crippen molar-refractivity contribution in [3.63, 3.8) is 0 Å². The third kappa shape index (κ3) is 3.08. The summed E-state index contributed by atoms with van der Waals surface area (Å²) in [5.41, 5.74) is 0.684. The average Bonchev–Trinajstić information content (AvgIpc) is 2.85. The van der Waals surface area contributed by atoms with E-state index in [0.717, 1.165) is 11.5 Å². The number of carbonyl (C=O) groups is 1. The minimum Gasteiger partial charge on any atom is -0.335 e. The molecule has 2 heterocycles. The van der Waals surface area contributed by atoms with Gasteiger partial charge in [-0.15, -0.1) is 5.10 Å². The second-order valence-electron chi connectivity index (χ2n) is 4.14. The Kier molecular flexibility index (Phi) is 4.13. The molecule has 0 saturated carbocycles. The summed E-state index contributed by atoms with van der Waals surface area (Å²) in [5, 5.41) is 8.95. The van der Waals surface area contributed by atoms with Crippen LogP contribution in [0.2, 0.25) is 0 Å². The molecular formula is C9H15N5O3S2. The van der Waals surface area contributed by atoms with E-state index >= 15 is 0 Å². The van der Waals surface area contributed by atoms with Crippen LogP contribution in [0.5, 0.6) is 0 Å². The predicted molar refractivity (Wildman–Crippen MR) is 69.9 cm³/mol. The van der Waals surface area contributed by atoms with Gasteiger partial charge >= 0.3 is 0 Å². The molecule has 8 nitrogen and oxygen atoms in total.